The van der Waals surface area contributed by atoms with Gasteiger partial charge in [-0.25, -0.2) is 0 Å². The van der Waals surface area contributed by atoms with E-state index in [0.717, 1.165) is 16.7 Å². The smallest absolute Gasteiger partial charge is 0.237 e. The first-order valence-corrected chi connectivity index (χ1v) is 5.98. The minimum absolute atomic E-state index is 0.202. The first kappa shape index (κ1) is 14.5. The van der Waals surface area contributed by atoms with Crippen LogP contribution in [0.25, 0.3) is 0 Å². The van der Waals surface area contributed by atoms with Crippen molar-refractivity contribution in [2.45, 2.75) is 26.3 Å². The molecule has 0 radical (unpaired) electrons. The van der Waals surface area contributed by atoms with E-state index in [-0.39, 0.29) is 11.7 Å². The minimum atomic E-state index is -0.599. The van der Waals surface area contributed by atoms with Gasteiger partial charge in [-0.2, -0.15) is 0 Å². The van der Waals surface area contributed by atoms with Gasteiger partial charge in [0.1, 0.15) is 5.75 Å². The number of nitrogens with one attached hydrogen (secondary N) is 1. The molecule has 1 rings (SSSR count). The summed E-state index contributed by atoms with van der Waals surface area (Å²) in [5, 5.41) is 12.1. The maximum absolute atomic E-state index is 11.7. The van der Waals surface area contributed by atoms with Crippen LogP contribution in [0.4, 0.5) is 0 Å². The van der Waals surface area contributed by atoms with Crippen LogP contribution in [0.15, 0.2) is 12.1 Å². The van der Waals surface area contributed by atoms with Gasteiger partial charge in [-0.05, 0) is 49.1 Å². The Hall–Kier alpha value is -1.59. The fourth-order valence-electron chi connectivity index (χ4n) is 1.93. The van der Waals surface area contributed by atoms with Gasteiger partial charge in [-0.1, -0.05) is 0 Å². The quantitative estimate of drug-likeness (QED) is 0.589. The molecule has 5 heteroatoms. The van der Waals surface area contributed by atoms with E-state index in [0.29, 0.717) is 19.5 Å². The summed E-state index contributed by atoms with van der Waals surface area (Å²) in [6.07, 6.45) is 0.453. The number of hydrogen-bond acceptors (Lipinski definition) is 4. The lowest BCUT2D eigenvalue weighted by molar-refractivity contribution is -0.122. The SMILES string of the molecule is Cc1cc(O)cc(C)c1C[C@H](N)C(=O)NCCN. The van der Waals surface area contributed by atoms with Crippen molar-refractivity contribution in [3.63, 3.8) is 0 Å². The van der Waals surface area contributed by atoms with Crippen LogP contribution in [0.2, 0.25) is 0 Å². The zero-order chi connectivity index (χ0) is 13.7. The molecule has 5 nitrogen and oxygen atoms in total. The Bertz CT molecular complexity index is 409. The molecule has 0 saturated carbocycles. The number of carbonyl (C=O) groups excluding carboxylic acids is 1. The Morgan fingerprint density at radius 3 is 2.44 bits per heavy atom. The molecule has 1 aromatic rings. The standard InChI is InChI=1S/C13H21N3O2/c1-8-5-10(17)6-9(2)11(8)7-12(15)13(18)16-4-3-14/h5-6,12,17H,3-4,7,14-15H2,1-2H3,(H,16,18)/t12-/m0/s1. The first-order chi connectivity index (χ1) is 8.45. The van der Waals surface area contributed by atoms with E-state index < -0.39 is 6.04 Å². The molecule has 0 aliphatic carbocycles. The van der Waals surface area contributed by atoms with Gasteiger partial charge in [0.2, 0.25) is 5.91 Å². The summed E-state index contributed by atoms with van der Waals surface area (Å²) in [5.74, 6) is 0.0298. The molecule has 100 valence electrons. The van der Waals surface area contributed by atoms with Crippen LogP contribution in [0.5, 0.6) is 5.75 Å². The van der Waals surface area contributed by atoms with Crippen molar-refractivity contribution in [3.8, 4) is 5.75 Å². The van der Waals surface area contributed by atoms with Crippen molar-refractivity contribution in [1.82, 2.24) is 5.32 Å². The highest BCUT2D eigenvalue weighted by atomic mass is 16.3. The zero-order valence-electron chi connectivity index (χ0n) is 10.9. The van der Waals surface area contributed by atoms with Crippen LogP contribution in [-0.4, -0.2) is 30.1 Å². The van der Waals surface area contributed by atoms with E-state index in [1.807, 2.05) is 13.8 Å². The largest absolute Gasteiger partial charge is 0.508 e. The molecule has 18 heavy (non-hydrogen) atoms. The molecule has 0 fully saturated rings. The third-order valence-corrected chi connectivity index (χ3v) is 2.89. The first-order valence-electron chi connectivity index (χ1n) is 5.98. The number of rotatable bonds is 5. The average molecular weight is 251 g/mol. The maximum Gasteiger partial charge on any atom is 0.237 e. The van der Waals surface area contributed by atoms with E-state index in [1.165, 1.54) is 0 Å². The number of amides is 1. The Labute approximate surface area is 107 Å². The molecule has 6 N–H and O–H groups in total. The summed E-state index contributed by atoms with van der Waals surface area (Å²) >= 11 is 0. The molecule has 1 atom stereocenters. The molecule has 0 aliphatic rings. The van der Waals surface area contributed by atoms with E-state index in [4.69, 9.17) is 11.5 Å². The van der Waals surface area contributed by atoms with Crippen LogP contribution < -0.4 is 16.8 Å². The summed E-state index contributed by atoms with van der Waals surface area (Å²) in [5.41, 5.74) is 14.0. The van der Waals surface area contributed by atoms with Crippen LogP contribution in [0.1, 0.15) is 16.7 Å². The van der Waals surface area contributed by atoms with Gasteiger partial charge in [0.15, 0.2) is 0 Å². The van der Waals surface area contributed by atoms with Crippen molar-refractivity contribution in [3.05, 3.63) is 28.8 Å². The number of aryl methyl sites for hydroxylation is 2. The van der Waals surface area contributed by atoms with Crippen LogP contribution in [0.3, 0.4) is 0 Å². The number of phenols is 1. The molecule has 0 unspecified atom stereocenters. The van der Waals surface area contributed by atoms with Gasteiger partial charge >= 0.3 is 0 Å². The minimum Gasteiger partial charge on any atom is -0.508 e. The fourth-order valence-corrected chi connectivity index (χ4v) is 1.93. The summed E-state index contributed by atoms with van der Waals surface area (Å²) in [6.45, 7) is 4.62. The van der Waals surface area contributed by atoms with Crippen molar-refractivity contribution < 1.29 is 9.90 Å². The second-order valence-electron chi connectivity index (χ2n) is 4.45. The van der Waals surface area contributed by atoms with Crippen molar-refractivity contribution in [1.29, 1.82) is 0 Å². The lowest BCUT2D eigenvalue weighted by atomic mass is 9.96. The molecule has 0 spiro atoms. The molecule has 0 bridgehead atoms. The van der Waals surface area contributed by atoms with Gasteiger partial charge in [0.25, 0.3) is 0 Å². The molecule has 0 heterocycles. The lowest BCUT2D eigenvalue weighted by Crippen LogP contribution is -2.43. The average Bonchev–Trinajstić information content (AvgIpc) is 2.30. The Morgan fingerprint density at radius 1 is 1.39 bits per heavy atom. The van der Waals surface area contributed by atoms with Crippen LogP contribution >= 0.6 is 0 Å². The zero-order valence-corrected chi connectivity index (χ0v) is 10.9. The molecular weight excluding hydrogens is 230 g/mol. The van der Waals surface area contributed by atoms with Gasteiger partial charge in [-0.15, -0.1) is 0 Å². The maximum atomic E-state index is 11.7. The third-order valence-electron chi connectivity index (χ3n) is 2.89. The molecule has 1 amide bonds. The van der Waals surface area contributed by atoms with Crippen LogP contribution in [0, 0.1) is 13.8 Å². The second kappa shape index (κ2) is 6.37. The Morgan fingerprint density at radius 2 is 1.94 bits per heavy atom. The summed E-state index contributed by atoms with van der Waals surface area (Å²) in [6, 6.07) is 2.75. The number of carbonyl (C=O) groups is 1. The normalized spacial score (nSPS) is 12.2. The fraction of sp³-hybridized carbons (Fsp3) is 0.462. The monoisotopic (exact) mass is 251 g/mol. The molecule has 0 saturated heterocycles. The number of aromatic hydroxyl groups is 1. The highest BCUT2D eigenvalue weighted by molar-refractivity contribution is 5.81. The van der Waals surface area contributed by atoms with Crippen molar-refractivity contribution in [2.24, 2.45) is 11.5 Å². The van der Waals surface area contributed by atoms with E-state index in [2.05, 4.69) is 5.32 Å². The second-order valence-corrected chi connectivity index (χ2v) is 4.45. The van der Waals surface area contributed by atoms with E-state index >= 15 is 0 Å². The van der Waals surface area contributed by atoms with Gasteiger partial charge in [0.05, 0.1) is 6.04 Å². The molecule has 0 aromatic heterocycles. The van der Waals surface area contributed by atoms with Crippen LogP contribution in [-0.2, 0) is 11.2 Å². The predicted octanol–water partition coefficient (Wildman–Crippen LogP) is -0.0463. The lowest BCUT2D eigenvalue weighted by Gasteiger charge is -2.15. The van der Waals surface area contributed by atoms with Gasteiger partial charge in [-0.3, -0.25) is 4.79 Å². The summed E-state index contributed by atoms with van der Waals surface area (Å²) in [7, 11) is 0. The number of phenolic OH excluding ortho intramolecular Hbond substituents is 1. The molecule has 0 aliphatic heterocycles. The summed E-state index contributed by atoms with van der Waals surface area (Å²) in [4.78, 5) is 11.7. The van der Waals surface area contributed by atoms with E-state index in [9.17, 15) is 9.90 Å². The number of benzene rings is 1. The van der Waals surface area contributed by atoms with Gasteiger partial charge < -0.3 is 21.9 Å². The topological polar surface area (TPSA) is 101 Å². The van der Waals surface area contributed by atoms with Crippen molar-refractivity contribution in [2.75, 3.05) is 13.1 Å². The number of hydrogen-bond donors (Lipinski definition) is 4. The summed E-state index contributed by atoms with van der Waals surface area (Å²) < 4.78 is 0. The number of nitrogens with two attached hydrogens (primary N) is 2. The Balaban J connectivity index is 2.75. The Kier molecular flexibility index (Phi) is 5.12. The van der Waals surface area contributed by atoms with Crippen molar-refractivity contribution >= 4 is 5.91 Å². The highest BCUT2D eigenvalue weighted by Gasteiger charge is 2.16. The molecule has 1 aromatic carbocycles. The third kappa shape index (κ3) is 3.72. The highest BCUT2D eigenvalue weighted by Crippen LogP contribution is 2.21. The molecular formula is C13H21N3O2. The predicted molar refractivity (Wildman–Crippen MR) is 71.3 cm³/mol. The van der Waals surface area contributed by atoms with Gasteiger partial charge in [0, 0.05) is 13.1 Å². The van der Waals surface area contributed by atoms with E-state index in [1.54, 1.807) is 12.1 Å².